The fourth-order valence-corrected chi connectivity index (χ4v) is 2.11. The molecule has 19 heavy (non-hydrogen) atoms. The summed E-state index contributed by atoms with van der Waals surface area (Å²) in [4.78, 5) is 0. The SMILES string of the molecule is CCC[n+]1ccc(-c2cc[n+](CCC)cc2)cc1.[Cl-]. The summed E-state index contributed by atoms with van der Waals surface area (Å²) in [7, 11) is 0. The predicted molar refractivity (Wildman–Crippen MR) is 72.9 cm³/mol. The first-order chi connectivity index (χ1) is 8.83. The van der Waals surface area contributed by atoms with Crippen LogP contribution in [-0.4, -0.2) is 0 Å². The topological polar surface area (TPSA) is 7.76 Å². The Hall–Kier alpha value is -1.41. The van der Waals surface area contributed by atoms with E-state index in [4.69, 9.17) is 0 Å². The van der Waals surface area contributed by atoms with Crippen LogP contribution in [0.15, 0.2) is 49.1 Å². The van der Waals surface area contributed by atoms with E-state index in [1.165, 1.54) is 24.0 Å². The van der Waals surface area contributed by atoms with Crippen molar-refractivity contribution in [2.24, 2.45) is 0 Å². The quantitative estimate of drug-likeness (QED) is 0.666. The summed E-state index contributed by atoms with van der Waals surface area (Å²) in [6.45, 7) is 6.58. The molecule has 0 atom stereocenters. The van der Waals surface area contributed by atoms with E-state index >= 15 is 0 Å². The summed E-state index contributed by atoms with van der Waals surface area (Å²) in [5.41, 5.74) is 2.57. The lowest BCUT2D eigenvalue weighted by Gasteiger charge is -2.00. The normalized spacial score (nSPS) is 10.0. The molecule has 3 heteroatoms. The Morgan fingerprint density at radius 3 is 1.26 bits per heavy atom. The molecule has 0 unspecified atom stereocenters. The van der Waals surface area contributed by atoms with Crippen LogP contribution in [0.5, 0.6) is 0 Å². The summed E-state index contributed by atoms with van der Waals surface area (Å²) < 4.78 is 4.45. The van der Waals surface area contributed by atoms with Gasteiger partial charge >= 0.3 is 0 Å². The Labute approximate surface area is 122 Å². The average molecular weight is 278 g/mol. The van der Waals surface area contributed by atoms with Crippen molar-refractivity contribution in [3.05, 3.63) is 49.1 Å². The van der Waals surface area contributed by atoms with Crippen molar-refractivity contribution in [3.63, 3.8) is 0 Å². The molecule has 0 aliphatic carbocycles. The molecule has 0 aliphatic rings. The predicted octanol–water partition coefficient (Wildman–Crippen LogP) is -0.247. The van der Waals surface area contributed by atoms with Crippen molar-refractivity contribution >= 4 is 0 Å². The maximum absolute atomic E-state index is 2.23. The lowest BCUT2D eigenvalue weighted by Crippen LogP contribution is -3.00. The fraction of sp³-hybridized carbons (Fsp3) is 0.375. The van der Waals surface area contributed by atoms with E-state index in [0.29, 0.717) is 0 Å². The summed E-state index contributed by atoms with van der Waals surface area (Å²) >= 11 is 0. The number of halogens is 1. The Balaban J connectivity index is 0.00000180. The average Bonchev–Trinajstić information content (AvgIpc) is 2.41. The molecule has 102 valence electrons. The molecular formula is C16H22ClN2+. The van der Waals surface area contributed by atoms with E-state index in [9.17, 15) is 0 Å². The van der Waals surface area contributed by atoms with Gasteiger partial charge in [0.25, 0.3) is 0 Å². The number of hydrogen-bond donors (Lipinski definition) is 0. The minimum Gasteiger partial charge on any atom is -1.00 e. The van der Waals surface area contributed by atoms with Gasteiger partial charge in [0.2, 0.25) is 0 Å². The van der Waals surface area contributed by atoms with Crippen LogP contribution < -0.4 is 21.5 Å². The molecule has 0 fully saturated rings. The summed E-state index contributed by atoms with van der Waals surface area (Å²) in [6, 6.07) is 8.76. The molecule has 2 aromatic rings. The van der Waals surface area contributed by atoms with Crippen molar-refractivity contribution < 1.29 is 21.5 Å². The molecule has 0 amide bonds. The molecule has 2 heterocycles. The second kappa shape index (κ2) is 7.90. The Bertz CT molecular complexity index is 430. The van der Waals surface area contributed by atoms with Crippen LogP contribution in [0.2, 0.25) is 0 Å². The Morgan fingerprint density at radius 1 is 0.684 bits per heavy atom. The van der Waals surface area contributed by atoms with Gasteiger partial charge in [-0.2, -0.15) is 0 Å². The lowest BCUT2D eigenvalue weighted by molar-refractivity contribution is -0.697. The molecule has 2 rings (SSSR count). The molecule has 0 saturated heterocycles. The zero-order valence-electron chi connectivity index (χ0n) is 11.7. The van der Waals surface area contributed by atoms with Gasteiger partial charge in [-0.15, -0.1) is 0 Å². The van der Waals surface area contributed by atoms with Gasteiger partial charge < -0.3 is 12.4 Å². The van der Waals surface area contributed by atoms with Gasteiger partial charge in [0, 0.05) is 37.1 Å². The minimum atomic E-state index is 0. The smallest absolute Gasteiger partial charge is 0.169 e. The number of nitrogens with zero attached hydrogens (tertiary/aromatic N) is 2. The summed E-state index contributed by atoms with van der Waals surface area (Å²) in [5, 5.41) is 0. The maximum atomic E-state index is 2.23. The second-order valence-corrected chi connectivity index (χ2v) is 4.65. The first kappa shape index (κ1) is 15.6. The molecule has 0 aromatic carbocycles. The Kier molecular flexibility index (Phi) is 6.51. The van der Waals surface area contributed by atoms with E-state index in [2.05, 4.69) is 72.0 Å². The number of pyridine rings is 2. The molecule has 0 radical (unpaired) electrons. The van der Waals surface area contributed by atoms with Crippen molar-refractivity contribution in [3.8, 4) is 11.1 Å². The first-order valence-electron chi connectivity index (χ1n) is 6.82. The van der Waals surface area contributed by atoms with Gasteiger partial charge in [-0.05, 0) is 11.1 Å². The van der Waals surface area contributed by atoms with Crippen molar-refractivity contribution in [2.45, 2.75) is 39.8 Å². The van der Waals surface area contributed by atoms with Crippen LogP contribution in [0, 0.1) is 0 Å². The van der Waals surface area contributed by atoms with Crippen LogP contribution in [0.3, 0.4) is 0 Å². The van der Waals surface area contributed by atoms with Crippen molar-refractivity contribution in [1.29, 1.82) is 0 Å². The van der Waals surface area contributed by atoms with Crippen LogP contribution in [0.25, 0.3) is 11.1 Å². The highest BCUT2D eigenvalue weighted by Crippen LogP contribution is 2.15. The van der Waals surface area contributed by atoms with Gasteiger partial charge in [0.15, 0.2) is 24.8 Å². The minimum absolute atomic E-state index is 0. The number of rotatable bonds is 5. The van der Waals surface area contributed by atoms with Crippen LogP contribution in [0.1, 0.15) is 26.7 Å². The van der Waals surface area contributed by atoms with Gasteiger partial charge in [0.05, 0.1) is 0 Å². The maximum Gasteiger partial charge on any atom is 0.169 e. The van der Waals surface area contributed by atoms with Gasteiger partial charge in [0.1, 0.15) is 13.1 Å². The van der Waals surface area contributed by atoms with Crippen molar-refractivity contribution in [2.75, 3.05) is 0 Å². The van der Waals surface area contributed by atoms with Crippen LogP contribution in [-0.2, 0) is 13.1 Å². The van der Waals surface area contributed by atoms with Crippen LogP contribution >= 0.6 is 0 Å². The fourth-order valence-electron chi connectivity index (χ4n) is 2.11. The van der Waals surface area contributed by atoms with E-state index < -0.39 is 0 Å². The molecule has 0 spiro atoms. The first-order valence-corrected chi connectivity index (χ1v) is 6.82. The zero-order chi connectivity index (χ0) is 12.8. The van der Waals surface area contributed by atoms with Gasteiger partial charge in [-0.3, -0.25) is 0 Å². The van der Waals surface area contributed by atoms with E-state index in [-0.39, 0.29) is 12.4 Å². The van der Waals surface area contributed by atoms with E-state index in [1.54, 1.807) is 0 Å². The second-order valence-electron chi connectivity index (χ2n) is 4.65. The largest absolute Gasteiger partial charge is 1.00 e. The number of hydrogen-bond acceptors (Lipinski definition) is 0. The third-order valence-corrected chi connectivity index (χ3v) is 3.08. The molecule has 0 saturated carbocycles. The highest BCUT2D eigenvalue weighted by atomic mass is 35.5. The zero-order valence-corrected chi connectivity index (χ0v) is 12.5. The molecule has 0 N–H and O–H groups in total. The molecule has 2 aromatic heterocycles. The third-order valence-electron chi connectivity index (χ3n) is 3.08. The number of aryl methyl sites for hydroxylation is 2. The van der Waals surface area contributed by atoms with Crippen LogP contribution in [0.4, 0.5) is 0 Å². The van der Waals surface area contributed by atoms with E-state index in [0.717, 1.165) is 13.1 Å². The number of aromatic nitrogens is 2. The molecule has 0 aliphatic heterocycles. The monoisotopic (exact) mass is 277 g/mol. The highest BCUT2D eigenvalue weighted by Gasteiger charge is 2.04. The van der Waals surface area contributed by atoms with E-state index in [1.807, 2.05) is 0 Å². The molecular weight excluding hydrogens is 256 g/mol. The Morgan fingerprint density at radius 2 is 1.00 bits per heavy atom. The highest BCUT2D eigenvalue weighted by molar-refractivity contribution is 5.60. The molecule has 2 nitrogen and oxygen atoms in total. The van der Waals surface area contributed by atoms with Gasteiger partial charge in [-0.25, -0.2) is 9.13 Å². The van der Waals surface area contributed by atoms with Gasteiger partial charge in [-0.1, -0.05) is 13.8 Å². The lowest BCUT2D eigenvalue weighted by atomic mass is 10.1. The summed E-state index contributed by atoms with van der Waals surface area (Å²) in [6.07, 6.45) is 11.0. The standard InChI is InChI=1S/C16H22N2.ClH/c1-3-9-17-11-5-15(6-12-17)16-7-13-18(10-4-2)14-8-16;/h5-8,11-14H,3-4,9-10H2,1-2H3;1H/q+2;/p-1. The van der Waals surface area contributed by atoms with Crippen molar-refractivity contribution in [1.82, 2.24) is 0 Å². The third kappa shape index (κ3) is 4.32. The molecule has 0 bridgehead atoms. The summed E-state index contributed by atoms with van der Waals surface area (Å²) in [5.74, 6) is 0.